The lowest BCUT2D eigenvalue weighted by molar-refractivity contribution is 0.714. The van der Waals surface area contributed by atoms with E-state index in [0.717, 1.165) is 31.1 Å². The summed E-state index contributed by atoms with van der Waals surface area (Å²) in [6, 6.07) is 10.8. The van der Waals surface area contributed by atoms with Gasteiger partial charge in [0.05, 0.1) is 5.69 Å². The van der Waals surface area contributed by atoms with Gasteiger partial charge >= 0.3 is 0 Å². The minimum atomic E-state index is 0.655. The Labute approximate surface area is 131 Å². The van der Waals surface area contributed by atoms with Crippen LogP contribution in [0, 0.1) is 0 Å². The summed E-state index contributed by atoms with van der Waals surface area (Å²) in [4.78, 5) is 7.40. The first-order chi connectivity index (χ1) is 10.2. The number of nitrogens with one attached hydrogen (secondary N) is 1. The van der Waals surface area contributed by atoms with E-state index >= 15 is 0 Å². The van der Waals surface area contributed by atoms with Gasteiger partial charge in [-0.15, -0.1) is 0 Å². The van der Waals surface area contributed by atoms with Crippen LogP contribution in [0.25, 0.3) is 10.8 Å². The summed E-state index contributed by atoms with van der Waals surface area (Å²) < 4.78 is 0. The van der Waals surface area contributed by atoms with Crippen molar-refractivity contribution < 1.29 is 0 Å². The average Bonchev–Trinajstić information content (AvgIpc) is 2.46. The predicted octanol–water partition coefficient (Wildman–Crippen LogP) is 3.28. The van der Waals surface area contributed by atoms with Crippen molar-refractivity contribution in [3.63, 3.8) is 0 Å². The molecule has 2 atom stereocenters. The molecule has 0 bridgehead atoms. The average molecular weight is 301 g/mol. The van der Waals surface area contributed by atoms with Crippen molar-refractivity contribution in [2.45, 2.75) is 30.9 Å². The number of benzene rings is 1. The number of nitrogens with zero attached hydrogens (tertiary/aromatic N) is 2. The summed E-state index contributed by atoms with van der Waals surface area (Å²) in [5, 5.41) is 7.07. The van der Waals surface area contributed by atoms with E-state index < -0.39 is 0 Å². The highest BCUT2D eigenvalue weighted by Gasteiger charge is 2.24. The molecule has 0 saturated carbocycles. The summed E-state index contributed by atoms with van der Waals surface area (Å²) >= 11 is 2.08. The number of hydrogen-bond donors (Lipinski definition) is 1. The molecular weight excluding hydrogens is 278 g/mol. The van der Waals surface area contributed by atoms with E-state index in [1.165, 1.54) is 10.8 Å². The van der Waals surface area contributed by atoms with Crippen molar-refractivity contribution in [3.8, 4) is 0 Å². The van der Waals surface area contributed by atoms with Gasteiger partial charge in [0.15, 0.2) is 0 Å². The van der Waals surface area contributed by atoms with E-state index in [4.69, 9.17) is 4.98 Å². The number of pyridine rings is 1. The van der Waals surface area contributed by atoms with Crippen LogP contribution in [0.1, 0.15) is 19.5 Å². The van der Waals surface area contributed by atoms with Gasteiger partial charge in [0.2, 0.25) is 0 Å². The summed E-state index contributed by atoms with van der Waals surface area (Å²) in [7, 11) is 1.97. The Hall–Kier alpha value is -1.26. The summed E-state index contributed by atoms with van der Waals surface area (Å²) in [5.74, 6) is 1.15. The van der Waals surface area contributed by atoms with Crippen LogP contribution in [-0.2, 0) is 6.54 Å². The number of thioether (sulfide) groups is 1. The molecule has 0 spiro atoms. The van der Waals surface area contributed by atoms with Crippen LogP contribution in [0.3, 0.4) is 0 Å². The van der Waals surface area contributed by atoms with E-state index in [9.17, 15) is 0 Å². The van der Waals surface area contributed by atoms with Crippen LogP contribution in [0.15, 0.2) is 30.3 Å². The van der Waals surface area contributed by atoms with Gasteiger partial charge in [-0.25, -0.2) is 4.98 Å². The molecule has 0 amide bonds. The van der Waals surface area contributed by atoms with Gasteiger partial charge in [-0.05, 0) is 18.5 Å². The topological polar surface area (TPSA) is 28.2 Å². The van der Waals surface area contributed by atoms with Crippen LogP contribution >= 0.6 is 11.8 Å². The Kier molecular flexibility index (Phi) is 4.36. The van der Waals surface area contributed by atoms with Crippen LogP contribution in [0.2, 0.25) is 0 Å². The Morgan fingerprint density at radius 1 is 1.24 bits per heavy atom. The maximum Gasteiger partial charge on any atom is 0.136 e. The molecule has 21 heavy (non-hydrogen) atoms. The second kappa shape index (κ2) is 6.24. The van der Waals surface area contributed by atoms with E-state index in [1.54, 1.807) is 0 Å². The van der Waals surface area contributed by atoms with Crippen LogP contribution in [0.5, 0.6) is 0 Å². The largest absolute Gasteiger partial charge is 0.354 e. The number of aromatic nitrogens is 1. The molecule has 2 aromatic rings. The van der Waals surface area contributed by atoms with Gasteiger partial charge in [-0.1, -0.05) is 38.1 Å². The molecule has 4 heteroatoms. The molecule has 2 heterocycles. The molecule has 1 aliphatic rings. The van der Waals surface area contributed by atoms with Crippen LogP contribution in [-0.4, -0.2) is 35.6 Å². The zero-order valence-electron chi connectivity index (χ0n) is 13.0. The van der Waals surface area contributed by atoms with E-state index in [0.29, 0.717) is 10.5 Å². The molecule has 1 saturated heterocycles. The van der Waals surface area contributed by atoms with Gasteiger partial charge in [0, 0.05) is 35.5 Å². The van der Waals surface area contributed by atoms with Crippen molar-refractivity contribution in [1.82, 2.24) is 10.3 Å². The zero-order chi connectivity index (χ0) is 14.8. The fourth-order valence-corrected chi connectivity index (χ4v) is 4.42. The first-order valence-electron chi connectivity index (χ1n) is 7.61. The first-order valence-corrected chi connectivity index (χ1v) is 8.55. The molecule has 0 aliphatic carbocycles. The molecule has 2 unspecified atom stereocenters. The molecule has 0 radical (unpaired) electrons. The van der Waals surface area contributed by atoms with Gasteiger partial charge in [0.25, 0.3) is 0 Å². The van der Waals surface area contributed by atoms with Crippen LogP contribution < -0.4 is 10.2 Å². The second-order valence-corrected chi connectivity index (χ2v) is 7.73. The quantitative estimate of drug-likeness (QED) is 0.941. The van der Waals surface area contributed by atoms with Gasteiger partial charge in [-0.2, -0.15) is 11.8 Å². The van der Waals surface area contributed by atoms with Gasteiger partial charge in [-0.3, -0.25) is 0 Å². The fourth-order valence-electron chi connectivity index (χ4n) is 3.10. The highest BCUT2D eigenvalue weighted by Crippen LogP contribution is 2.32. The molecule has 1 N–H and O–H groups in total. The number of fused-ring (bicyclic) bond motifs is 1. The van der Waals surface area contributed by atoms with E-state index in [2.05, 4.69) is 66.2 Å². The standard InChI is InChI=1S/C17H23N3S/c1-12-10-20(11-13(2)21-12)17-16-7-5-4-6-14(16)8-15(19-17)9-18-3/h4-8,12-13,18H,9-11H2,1-3H3. The van der Waals surface area contributed by atoms with Gasteiger partial charge < -0.3 is 10.2 Å². The van der Waals surface area contributed by atoms with E-state index in [-0.39, 0.29) is 0 Å². The maximum absolute atomic E-state index is 4.94. The minimum Gasteiger partial charge on any atom is -0.354 e. The molecular formula is C17H23N3S. The fraction of sp³-hybridized carbons (Fsp3) is 0.471. The van der Waals surface area contributed by atoms with Crippen LogP contribution in [0.4, 0.5) is 5.82 Å². The third-order valence-corrected chi connectivity index (χ3v) is 5.08. The smallest absolute Gasteiger partial charge is 0.136 e. The number of rotatable bonds is 3. The van der Waals surface area contributed by atoms with Crippen molar-refractivity contribution in [3.05, 3.63) is 36.0 Å². The molecule has 3 nitrogen and oxygen atoms in total. The summed E-state index contributed by atoms with van der Waals surface area (Å²) in [6.45, 7) is 7.59. The Morgan fingerprint density at radius 3 is 2.67 bits per heavy atom. The maximum atomic E-state index is 4.94. The van der Waals surface area contributed by atoms with Crippen molar-refractivity contribution in [1.29, 1.82) is 0 Å². The molecule has 1 aliphatic heterocycles. The lowest BCUT2D eigenvalue weighted by atomic mass is 10.1. The van der Waals surface area contributed by atoms with Crippen molar-refractivity contribution in [2.24, 2.45) is 0 Å². The molecule has 112 valence electrons. The lowest BCUT2D eigenvalue weighted by Crippen LogP contribution is -2.41. The molecule has 3 rings (SSSR count). The zero-order valence-corrected chi connectivity index (χ0v) is 13.8. The highest BCUT2D eigenvalue weighted by molar-refractivity contribution is 8.00. The SMILES string of the molecule is CNCc1cc2ccccc2c(N2CC(C)SC(C)C2)n1. The molecule has 1 fully saturated rings. The number of hydrogen-bond acceptors (Lipinski definition) is 4. The third-order valence-electron chi connectivity index (χ3n) is 3.85. The van der Waals surface area contributed by atoms with Gasteiger partial charge in [0.1, 0.15) is 5.82 Å². The Morgan fingerprint density at radius 2 is 1.95 bits per heavy atom. The minimum absolute atomic E-state index is 0.655. The van der Waals surface area contributed by atoms with Crippen molar-refractivity contribution in [2.75, 3.05) is 25.0 Å². The first kappa shape index (κ1) is 14.7. The predicted molar refractivity (Wildman–Crippen MR) is 93.2 cm³/mol. The number of anilines is 1. The molecule has 1 aromatic heterocycles. The second-order valence-electron chi connectivity index (χ2n) is 5.85. The summed E-state index contributed by atoms with van der Waals surface area (Å²) in [5.41, 5.74) is 1.12. The highest BCUT2D eigenvalue weighted by atomic mass is 32.2. The van der Waals surface area contributed by atoms with Crippen molar-refractivity contribution >= 4 is 28.4 Å². The third kappa shape index (κ3) is 3.16. The Bertz CT molecular complexity index is 618. The molecule has 1 aromatic carbocycles. The summed E-state index contributed by atoms with van der Waals surface area (Å²) in [6.07, 6.45) is 0. The monoisotopic (exact) mass is 301 g/mol. The normalized spacial score (nSPS) is 22.7. The Balaban J connectivity index is 2.06. The lowest BCUT2D eigenvalue weighted by Gasteiger charge is -2.36. The van der Waals surface area contributed by atoms with E-state index in [1.807, 2.05) is 7.05 Å².